The minimum Gasteiger partial charge on any atom is -0.462 e. The number of unbranched alkanes of at least 4 members (excludes halogenated alkanes) is 16. The number of hydrogen-bond acceptors (Lipinski definition) is 16. The van der Waals surface area contributed by atoms with Gasteiger partial charge in [-0.25, -0.2) is 13.9 Å². The highest BCUT2D eigenvalue weighted by Gasteiger charge is 2.46. The first-order valence-electron chi connectivity index (χ1n) is 24.8. The minimum atomic E-state index is -5.44. The molecule has 1 aliphatic heterocycles. The van der Waals surface area contributed by atoms with Crippen molar-refractivity contribution in [2.24, 2.45) is 0 Å². The molecule has 1 aliphatic rings. The van der Waals surface area contributed by atoms with Crippen LogP contribution in [0.2, 0.25) is 0 Å². The highest BCUT2D eigenvalue weighted by Crippen LogP contribution is 2.60. The Kier molecular flexibility index (Phi) is 32.8. The molecule has 69 heavy (non-hydrogen) atoms. The summed E-state index contributed by atoms with van der Waals surface area (Å²) in [5.74, 6) is -1.41. The molecule has 2 rings (SSSR count). The number of rotatable bonds is 40. The van der Waals surface area contributed by atoms with Crippen molar-refractivity contribution in [3.8, 4) is 0 Å². The lowest BCUT2D eigenvalue weighted by atomic mass is 10.0. The fourth-order valence-electron chi connectivity index (χ4n) is 7.09. The van der Waals surface area contributed by atoms with Gasteiger partial charge in [-0.3, -0.25) is 23.2 Å². The zero-order valence-corrected chi connectivity index (χ0v) is 42.5. The van der Waals surface area contributed by atoms with Gasteiger partial charge in [-0.2, -0.15) is 9.29 Å². The van der Waals surface area contributed by atoms with E-state index in [4.69, 9.17) is 29.0 Å². The number of carbonyl (C=O) groups excluding carboxylic acids is 2. The van der Waals surface area contributed by atoms with Gasteiger partial charge in [-0.15, -0.1) is 0 Å². The number of aromatic nitrogens is 2. The molecule has 1 fully saturated rings. The monoisotopic (exact) mass is 1020 g/mol. The Hall–Kier alpha value is -3.32. The maximum atomic E-state index is 12.8. The Morgan fingerprint density at radius 1 is 0.768 bits per heavy atom. The quantitative estimate of drug-likeness (QED) is 0.0118. The van der Waals surface area contributed by atoms with Crippen molar-refractivity contribution in [2.75, 3.05) is 25.6 Å². The number of nitrogens with zero attached hydrogens (tertiary/aromatic N) is 2. The highest BCUT2D eigenvalue weighted by atomic mass is 31.3. The number of nitrogens with two attached hydrogens (primary N) is 1. The molecule has 2 heterocycles. The van der Waals surface area contributed by atoms with Gasteiger partial charge in [0.1, 0.15) is 30.7 Å². The van der Waals surface area contributed by atoms with Crippen molar-refractivity contribution in [3.63, 3.8) is 0 Å². The van der Waals surface area contributed by atoms with Gasteiger partial charge in [0, 0.05) is 19.0 Å². The lowest BCUT2D eigenvalue weighted by Gasteiger charge is -2.21. The van der Waals surface area contributed by atoms with Gasteiger partial charge in [-0.1, -0.05) is 152 Å². The molecule has 1 aromatic rings. The molecule has 0 aromatic carbocycles. The molecule has 0 amide bonds. The first-order valence-corrected chi connectivity index (χ1v) is 27.7. The molecule has 0 bridgehead atoms. The maximum Gasteiger partial charge on any atom is 0.481 e. The molecule has 19 nitrogen and oxygen atoms in total. The summed E-state index contributed by atoms with van der Waals surface area (Å²) in [7, 11) is -10.9. The van der Waals surface area contributed by atoms with Gasteiger partial charge in [0.2, 0.25) is 0 Å². The first kappa shape index (κ1) is 61.8. The molecule has 1 aromatic heterocycles. The lowest BCUT2D eigenvalue weighted by Crippen LogP contribution is -2.36. The second-order valence-corrected chi connectivity index (χ2v) is 20.2. The van der Waals surface area contributed by atoms with Crippen LogP contribution in [0, 0.1) is 0 Å². The summed E-state index contributed by atoms with van der Waals surface area (Å²) >= 11 is 0. The molecule has 21 heteroatoms. The van der Waals surface area contributed by atoms with Crippen LogP contribution >= 0.6 is 15.6 Å². The zero-order valence-electron chi connectivity index (χ0n) is 40.7. The van der Waals surface area contributed by atoms with E-state index in [-0.39, 0.29) is 18.7 Å². The van der Waals surface area contributed by atoms with Gasteiger partial charge in [-0.05, 0) is 51.0 Å². The van der Waals surface area contributed by atoms with Crippen molar-refractivity contribution in [1.82, 2.24) is 9.55 Å². The molecule has 0 aliphatic carbocycles. The summed E-state index contributed by atoms with van der Waals surface area (Å²) < 4.78 is 56.6. The van der Waals surface area contributed by atoms with Crippen LogP contribution < -0.4 is 11.4 Å². The summed E-state index contributed by atoms with van der Waals surface area (Å²) in [6.07, 6.45) is 29.4. The van der Waals surface area contributed by atoms with E-state index in [1.54, 1.807) is 6.08 Å². The Balaban J connectivity index is 1.85. The number of phosphoric acid groups is 2. The number of carbonyl (C=O) groups is 2. The van der Waals surface area contributed by atoms with E-state index < -0.39 is 89.8 Å². The number of hydrogen-bond donors (Lipinski definition) is 6. The van der Waals surface area contributed by atoms with Crippen LogP contribution in [-0.2, 0) is 46.3 Å². The number of phosphoric ester groups is 2. The van der Waals surface area contributed by atoms with E-state index in [2.05, 4.69) is 29.2 Å². The van der Waals surface area contributed by atoms with Gasteiger partial charge >= 0.3 is 33.3 Å². The predicted molar refractivity (Wildman–Crippen MR) is 262 cm³/mol. The molecule has 2 unspecified atom stereocenters. The Bertz CT molecular complexity index is 1860. The Morgan fingerprint density at radius 2 is 1.36 bits per heavy atom. The van der Waals surface area contributed by atoms with Crippen LogP contribution in [0.1, 0.15) is 168 Å². The SMILES string of the molecule is CCCCC/C=C\C=C/[C@@H](O)C/C=C\C/C=C/CCCC(=O)OC[C@H](COP(=O)(O)OP(=O)(O)OC[C@H]1O[C@@H](n2ccc(N)nc2=O)[C@H](O)[C@@H]1O)OC(=O)CCCCCCCCCCCCCCC. The fraction of sp³-hybridized carbons (Fsp3) is 0.708. The number of anilines is 1. The number of allylic oxidation sites excluding steroid dienone is 6. The second kappa shape index (κ2) is 36.6. The van der Waals surface area contributed by atoms with Crippen molar-refractivity contribution in [1.29, 1.82) is 0 Å². The number of aliphatic hydroxyl groups excluding tert-OH is 3. The second-order valence-electron chi connectivity index (χ2n) is 17.2. The number of aliphatic hydroxyl groups is 3. The molecular weight excluding hydrogens is 936 g/mol. The van der Waals surface area contributed by atoms with Crippen LogP contribution in [0.25, 0.3) is 0 Å². The van der Waals surface area contributed by atoms with Gasteiger partial charge in [0.15, 0.2) is 12.3 Å². The average molecular weight is 1020 g/mol. The molecule has 8 atom stereocenters. The summed E-state index contributed by atoms with van der Waals surface area (Å²) in [4.78, 5) is 61.8. The third-order valence-electron chi connectivity index (χ3n) is 11.0. The number of nitrogen functional groups attached to an aromatic ring is 1. The smallest absolute Gasteiger partial charge is 0.462 e. The Morgan fingerprint density at radius 3 is 2.03 bits per heavy atom. The maximum absolute atomic E-state index is 12.8. The standard InChI is InChI=1S/C48H81N3O16P2/c1-3-5-7-9-11-12-13-14-15-16-20-25-29-33-44(54)65-40(36-62-43(53)32-28-24-21-17-19-23-27-31-39(52)30-26-22-18-10-8-6-4-2)37-63-68(58,59)67-69(60,61)64-38-41-45(55)46(56)47(66-41)51-35-34-42(49)50-48(51)57/h17-18,21-23,26-27,30,34-35,39-41,45-47,52,55-56H,3-16,19-20,24-25,28-29,31-33,36-38H2,1-2H3,(H,58,59)(H,60,61)(H2,49,50,57)/b21-17+,22-18-,27-23-,30-26-/t39-,40-,41-,45-,46-,47-/m1/s1. The normalized spacial score (nSPS) is 20.2. The van der Waals surface area contributed by atoms with E-state index in [1.807, 2.05) is 36.5 Å². The van der Waals surface area contributed by atoms with E-state index in [0.29, 0.717) is 32.1 Å². The summed E-state index contributed by atoms with van der Waals surface area (Å²) in [5, 5.41) is 31.0. The molecule has 0 spiro atoms. The van der Waals surface area contributed by atoms with E-state index in [1.165, 1.54) is 70.3 Å². The molecule has 1 saturated heterocycles. The average Bonchev–Trinajstić information content (AvgIpc) is 3.58. The molecule has 0 radical (unpaired) electrons. The first-order chi connectivity index (χ1) is 33.1. The fourth-order valence-corrected chi connectivity index (χ4v) is 9.20. The van der Waals surface area contributed by atoms with Crippen LogP contribution in [-0.4, -0.2) is 96.9 Å². The van der Waals surface area contributed by atoms with Gasteiger partial charge < -0.3 is 45.1 Å². The zero-order chi connectivity index (χ0) is 50.8. The van der Waals surface area contributed by atoms with E-state index in [9.17, 15) is 48.6 Å². The largest absolute Gasteiger partial charge is 0.481 e. The van der Waals surface area contributed by atoms with Crippen molar-refractivity contribution in [3.05, 3.63) is 71.4 Å². The summed E-state index contributed by atoms with van der Waals surface area (Å²) in [5.41, 5.74) is 4.57. The molecule has 0 saturated carbocycles. The van der Waals surface area contributed by atoms with Crippen LogP contribution in [0.4, 0.5) is 5.82 Å². The highest BCUT2D eigenvalue weighted by molar-refractivity contribution is 7.61. The minimum absolute atomic E-state index is 0.0175. The van der Waals surface area contributed by atoms with E-state index >= 15 is 0 Å². The topological polar surface area (TPSA) is 286 Å². The third kappa shape index (κ3) is 29.6. The van der Waals surface area contributed by atoms with Crippen molar-refractivity contribution < 1.29 is 71.4 Å². The van der Waals surface area contributed by atoms with Gasteiger partial charge in [0.25, 0.3) is 0 Å². The van der Waals surface area contributed by atoms with Crippen LogP contribution in [0.5, 0.6) is 0 Å². The van der Waals surface area contributed by atoms with Crippen molar-refractivity contribution >= 4 is 33.4 Å². The predicted octanol–water partition coefficient (Wildman–Crippen LogP) is 8.75. The molecular formula is C48H81N3O16P2. The summed E-state index contributed by atoms with van der Waals surface area (Å²) in [6, 6.07) is 1.24. The number of ether oxygens (including phenoxy) is 3. The van der Waals surface area contributed by atoms with E-state index in [0.717, 1.165) is 49.3 Å². The Labute approximate surface area is 408 Å². The lowest BCUT2D eigenvalue weighted by molar-refractivity contribution is -0.161. The number of esters is 2. The van der Waals surface area contributed by atoms with Crippen LogP contribution in [0.15, 0.2) is 65.7 Å². The van der Waals surface area contributed by atoms with Crippen molar-refractivity contribution in [2.45, 2.75) is 198 Å². The molecule has 7 N–H and O–H groups in total. The van der Waals surface area contributed by atoms with Crippen LogP contribution in [0.3, 0.4) is 0 Å². The third-order valence-corrected chi connectivity index (χ3v) is 13.6. The van der Waals surface area contributed by atoms with Gasteiger partial charge in [0.05, 0.1) is 19.3 Å². The molecule has 394 valence electrons. The summed E-state index contributed by atoms with van der Waals surface area (Å²) in [6.45, 7) is 1.98.